The van der Waals surface area contributed by atoms with Crippen LogP contribution in [-0.4, -0.2) is 23.9 Å². The molecule has 1 aliphatic heterocycles. The predicted octanol–water partition coefficient (Wildman–Crippen LogP) is 5.65. The van der Waals surface area contributed by atoms with Gasteiger partial charge in [-0.1, -0.05) is 84.4 Å². The second-order valence-corrected chi connectivity index (χ2v) is 6.89. The topological polar surface area (TPSA) is 41.9 Å². The number of hydrogen-bond acceptors (Lipinski definition) is 3. The fourth-order valence-electron chi connectivity index (χ4n) is 3.57. The zero-order valence-corrected chi connectivity index (χ0v) is 16.1. The fraction of sp³-hybridized carbons (Fsp3) is 0.130. The molecule has 0 spiro atoms. The molecule has 4 rings (SSSR count). The Kier molecular flexibility index (Phi) is 5.13. The van der Waals surface area contributed by atoms with Crippen LogP contribution < -0.4 is 0 Å². The van der Waals surface area contributed by atoms with E-state index in [4.69, 9.17) is 21.3 Å². The molecule has 1 aliphatic rings. The summed E-state index contributed by atoms with van der Waals surface area (Å²) in [5.41, 5.74) is 2.70. The molecule has 2 atom stereocenters. The average molecular weight is 391 g/mol. The maximum Gasteiger partial charge on any atom is 0.415 e. The number of halogens is 1. The summed E-state index contributed by atoms with van der Waals surface area (Å²) in [6.07, 6.45) is -0.467. The van der Waals surface area contributed by atoms with Crippen molar-refractivity contribution in [3.8, 4) is 0 Å². The number of aliphatic imine (C=N–C) groups is 1. The Morgan fingerprint density at radius 2 is 1.46 bits per heavy atom. The van der Waals surface area contributed by atoms with Crippen molar-refractivity contribution in [3.05, 3.63) is 107 Å². The first-order chi connectivity index (χ1) is 13.7. The molecule has 1 amide bonds. The highest BCUT2D eigenvalue weighted by Crippen LogP contribution is 2.44. The molecule has 0 N–H and O–H groups in total. The highest BCUT2D eigenvalue weighted by molar-refractivity contribution is 6.34. The molecule has 3 aromatic rings. The fourth-order valence-corrected chi connectivity index (χ4v) is 3.79. The van der Waals surface area contributed by atoms with E-state index in [-0.39, 0.29) is 12.1 Å². The van der Waals surface area contributed by atoms with Crippen molar-refractivity contribution in [2.24, 2.45) is 4.99 Å². The monoisotopic (exact) mass is 390 g/mol. The van der Waals surface area contributed by atoms with Gasteiger partial charge in [-0.15, -0.1) is 0 Å². The normalized spacial score (nSPS) is 18.6. The van der Waals surface area contributed by atoms with Gasteiger partial charge in [0.25, 0.3) is 0 Å². The summed E-state index contributed by atoms with van der Waals surface area (Å²) in [4.78, 5) is 19.4. The van der Waals surface area contributed by atoms with E-state index in [1.807, 2.05) is 78.9 Å². The van der Waals surface area contributed by atoms with Gasteiger partial charge in [-0.25, -0.2) is 4.79 Å². The molecule has 0 radical (unpaired) electrons. The Bertz CT molecular complexity index is 1010. The largest absolute Gasteiger partial charge is 0.452 e. The minimum atomic E-state index is -0.467. The number of carbonyl (C=O) groups is 1. The smallest absolute Gasteiger partial charge is 0.415 e. The Hall–Kier alpha value is -3.11. The van der Waals surface area contributed by atoms with Crippen LogP contribution in [-0.2, 0) is 4.74 Å². The van der Waals surface area contributed by atoms with Gasteiger partial charge in [-0.3, -0.25) is 9.89 Å². The molecule has 0 saturated carbocycles. The van der Waals surface area contributed by atoms with Gasteiger partial charge in [0, 0.05) is 5.56 Å². The number of amides is 1. The number of amidine groups is 1. The lowest BCUT2D eigenvalue weighted by Gasteiger charge is -2.28. The Labute approximate surface area is 169 Å². The molecular formula is C23H19ClN2O2. The maximum atomic E-state index is 12.8. The van der Waals surface area contributed by atoms with Crippen LogP contribution in [0.3, 0.4) is 0 Å². The predicted molar refractivity (Wildman–Crippen MR) is 111 cm³/mol. The molecule has 0 bridgehead atoms. The van der Waals surface area contributed by atoms with Gasteiger partial charge in [0.05, 0.1) is 18.2 Å². The van der Waals surface area contributed by atoms with Crippen molar-refractivity contribution in [3.63, 3.8) is 0 Å². The third kappa shape index (κ3) is 3.27. The maximum absolute atomic E-state index is 12.8. The van der Waals surface area contributed by atoms with Crippen LogP contribution in [0.1, 0.15) is 28.8 Å². The number of carbonyl (C=O) groups excluding carboxylic acids is 1. The molecule has 4 nitrogen and oxygen atoms in total. The van der Waals surface area contributed by atoms with Gasteiger partial charge in [-0.05, 0) is 23.3 Å². The van der Waals surface area contributed by atoms with Crippen LogP contribution in [0, 0.1) is 0 Å². The van der Waals surface area contributed by atoms with Crippen LogP contribution in [0.5, 0.6) is 0 Å². The van der Waals surface area contributed by atoms with E-state index >= 15 is 0 Å². The molecule has 0 aromatic heterocycles. The van der Waals surface area contributed by atoms with Crippen LogP contribution in [0.15, 0.2) is 89.9 Å². The van der Waals surface area contributed by atoms with Crippen LogP contribution >= 0.6 is 11.6 Å². The first kappa shape index (κ1) is 18.3. The van der Waals surface area contributed by atoms with Gasteiger partial charge >= 0.3 is 6.09 Å². The van der Waals surface area contributed by atoms with E-state index in [0.717, 1.165) is 11.1 Å². The molecule has 140 valence electrons. The lowest BCUT2D eigenvalue weighted by Crippen LogP contribution is -2.37. The summed E-state index contributed by atoms with van der Waals surface area (Å²) >= 11 is 6.45. The van der Waals surface area contributed by atoms with Gasteiger partial charge in [0.1, 0.15) is 11.9 Å². The number of benzene rings is 3. The molecule has 28 heavy (non-hydrogen) atoms. The Morgan fingerprint density at radius 1 is 0.893 bits per heavy atom. The van der Waals surface area contributed by atoms with Gasteiger partial charge in [-0.2, -0.15) is 0 Å². The molecule has 0 saturated heterocycles. The quantitative estimate of drug-likeness (QED) is 0.579. The van der Waals surface area contributed by atoms with Gasteiger partial charge < -0.3 is 4.74 Å². The molecule has 0 unspecified atom stereocenters. The number of ether oxygens (including phenoxy) is 1. The molecule has 5 heteroatoms. The molecule has 0 fully saturated rings. The van der Waals surface area contributed by atoms with E-state index in [9.17, 15) is 4.79 Å². The lowest BCUT2D eigenvalue weighted by atomic mass is 9.94. The minimum absolute atomic E-state index is 0.269. The first-order valence-corrected chi connectivity index (χ1v) is 9.38. The zero-order valence-electron chi connectivity index (χ0n) is 15.3. The summed E-state index contributed by atoms with van der Waals surface area (Å²) in [6.45, 7) is 0. The number of methoxy groups -OCH3 is 1. The lowest BCUT2D eigenvalue weighted by molar-refractivity contribution is 0.134. The number of rotatable bonds is 3. The molecule has 0 aliphatic carbocycles. The molecule has 1 heterocycles. The molecular weight excluding hydrogens is 372 g/mol. The number of nitrogens with zero attached hydrogens (tertiary/aromatic N) is 2. The summed E-state index contributed by atoms with van der Waals surface area (Å²) in [7, 11) is 1.38. The average Bonchev–Trinajstić information content (AvgIpc) is 3.15. The third-order valence-electron chi connectivity index (χ3n) is 4.84. The highest BCUT2D eigenvalue weighted by atomic mass is 35.5. The van der Waals surface area contributed by atoms with Crippen molar-refractivity contribution in [1.29, 1.82) is 0 Å². The van der Waals surface area contributed by atoms with E-state index in [0.29, 0.717) is 16.4 Å². The first-order valence-electron chi connectivity index (χ1n) is 9.00. The molecule has 3 aromatic carbocycles. The second-order valence-electron chi connectivity index (χ2n) is 6.48. The summed E-state index contributed by atoms with van der Waals surface area (Å²) in [5, 5.41) is 0.538. The third-order valence-corrected chi connectivity index (χ3v) is 5.16. The SMILES string of the molecule is COC(=O)N1C(c2ccccc2Cl)=N[C@@H](c2ccccc2)[C@@H]1c1ccccc1. The van der Waals surface area contributed by atoms with E-state index in [1.54, 1.807) is 11.0 Å². The van der Waals surface area contributed by atoms with Crippen LogP contribution in [0.25, 0.3) is 0 Å². The van der Waals surface area contributed by atoms with Crippen molar-refractivity contribution in [2.45, 2.75) is 12.1 Å². The van der Waals surface area contributed by atoms with Crippen LogP contribution in [0.4, 0.5) is 4.79 Å². The van der Waals surface area contributed by atoms with Crippen molar-refractivity contribution < 1.29 is 9.53 Å². The van der Waals surface area contributed by atoms with E-state index < -0.39 is 6.09 Å². The zero-order chi connectivity index (χ0) is 19.5. The van der Waals surface area contributed by atoms with Gasteiger partial charge in [0.2, 0.25) is 0 Å². The van der Waals surface area contributed by atoms with Crippen molar-refractivity contribution >= 4 is 23.5 Å². The van der Waals surface area contributed by atoms with E-state index in [1.165, 1.54) is 7.11 Å². The van der Waals surface area contributed by atoms with E-state index in [2.05, 4.69) is 0 Å². The minimum Gasteiger partial charge on any atom is -0.452 e. The van der Waals surface area contributed by atoms with Crippen LogP contribution in [0.2, 0.25) is 5.02 Å². The highest BCUT2D eigenvalue weighted by Gasteiger charge is 2.43. The van der Waals surface area contributed by atoms with Crippen molar-refractivity contribution in [1.82, 2.24) is 4.90 Å². The number of hydrogen-bond donors (Lipinski definition) is 0. The second kappa shape index (κ2) is 7.87. The van der Waals surface area contributed by atoms with Crippen molar-refractivity contribution in [2.75, 3.05) is 7.11 Å². The Balaban J connectivity index is 1.91. The summed E-state index contributed by atoms with van der Waals surface area (Å²) in [6, 6.07) is 26.6. The summed E-state index contributed by atoms with van der Waals surface area (Å²) in [5.74, 6) is 0.514. The Morgan fingerprint density at radius 3 is 2.07 bits per heavy atom. The standard InChI is InChI=1S/C23H19ClN2O2/c1-28-23(27)26-21(17-12-6-3-7-13-17)20(16-10-4-2-5-11-16)25-22(26)18-14-8-9-15-19(18)24/h2-15,20-21H,1H3/t20-,21-/m0/s1. The summed E-state index contributed by atoms with van der Waals surface area (Å²) < 4.78 is 5.12. The van der Waals surface area contributed by atoms with Gasteiger partial charge in [0.15, 0.2) is 0 Å².